The molecule has 0 saturated carbocycles. The van der Waals surface area contributed by atoms with E-state index in [1.54, 1.807) is 0 Å². The van der Waals surface area contributed by atoms with Crippen LogP contribution in [0.1, 0.15) is 18.1 Å². The van der Waals surface area contributed by atoms with Gasteiger partial charge in [-0.2, -0.15) is 0 Å². The first-order chi connectivity index (χ1) is 9.15. The zero-order chi connectivity index (χ0) is 13.8. The van der Waals surface area contributed by atoms with E-state index in [0.29, 0.717) is 5.02 Å². The first kappa shape index (κ1) is 13.6. The van der Waals surface area contributed by atoms with E-state index >= 15 is 0 Å². The Morgan fingerprint density at radius 2 is 1.95 bits per heavy atom. The van der Waals surface area contributed by atoms with Crippen molar-refractivity contribution in [3.63, 3.8) is 0 Å². The molecule has 0 unspecified atom stereocenters. The third-order valence-electron chi connectivity index (χ3n) is 2.91. The predicted octanol–water partition coefficient (Wildman–Crippen LogP) is 3.79. The fraction of sp³-hybridized carbons (Fsp3) is 0.286. The van der Waals surface area contributed by atoms with Crippen molar-refractivity contribution >= 4 is 28.9 Å². The molecule has 0 bridgehead atoms. The molecular weight excluding hydrogens is 260 g/mol. The first-order valence-corrected chi connectivity index (χ1v) is 6.58. The van der Waals surface area contributed by atoms with Crippen LogP contribution in [-0.2, 0) is 6.42 Å². The fourth-order valence-electron chi connectivity index (χ4n) is 1.93. The number of anilines is 3. The van der Waals surface area contributed by atoms with Crippen molar-refractivity contribution in [3.05, 3.63) is 40.7 Å². The van der Waals surface area contributed by atoms with Gasteiger partial charge in [-0.05, 0) is 31.0 Å². The van der Waals surface area contributed by atoms with Crippen LogP contribution in [0, 0.1) is 6.92 Å². The summed E-state index contributed by atoms with van der Waals surface area (Å²) in [5.74, 6) is 1.62. The molecule has 0 spiro atoms. The predicted molar refractivity (Wildman–Crippen MR) is 80.4 cm³/mol. The summed E-state index contributed by atoms with van der Waals surface area (Å²) in [6.07, 6.45) is 2.37. The van der Waals surface area contributed by atoms with Crippen LogP contribution < -0.4 is 10.6 Å². The van der Waals surface area contributed by atoms with Crippen LogP contribution in [-0.4, -0.2) is 17.0 Å². The van der Waals surface area contributed by atoms with Gasteiger partial charge in [0.25, 0.3) is 0 Å². The molecule has 0 radical (unpaired) electrons. The van der Waals surface area contributed by atoms with Gasteiger partial charge < -0.3 is 10.6 Å². The molecule has 5 heteroatoms. The van der Waals surface area contributed by atoms with Gasteiger partial charge >= 0.3 is 0 Å². The van der Waals surface area contributed by atoms with Crippen molar-refractivity contribution in [2.45, 2.75) is 20.3 Å². The number of hydrogen-bond acceptors (Lipinski definition) is 4. The summed E-state index contributed by atoms with van der Waals surface area (Å²) >= 11 is 6.19. The molecule has 0 aliphatic heterocycles. The smallest absolute Gasteiger partial charge is 0.139 e. The Labute approximate surface area is 118 Å². The molecule has 4 nitrogen and oxygen atoms in total. The molecular formula is C14H17ClN4. The summed E-state index contributed by atoms with van der Waals surface area (Å²) < 4.78 is 0. The van der Waals surface area contributed by atoms with E-state index in [-0.39, 0.29) is 0 Å². The summed E-state index contributed by atoms with van der Waals surface area (Å²) in [7, 11) is 1.85. The van der Waals surface area contributed by atoms with E-state index in [9.17, 15) is 0 Å². The zero-order valence-corrected chi connectivity index (χ0v) is 12.0. The van der Waals surface area contributed by atoms with Gasteiger partial charge in [0, 0.05) is 12.6 Å². The van der Waals surface area contributed by atoms with Crippen LogP contribution in [0.5, 0.6) is 0 Å². The Morgan fingerprint density at radius 3 is 2.63 bits per heavy atom. The minimum atomic E-state index is 0.678. The maximum atomic E-state index is 6.19. The maximum absolute atomic E-state index is 6.19. The molecule has 19 heavy (non-hydrogen) atoms. The van der Waals surface area contributed by atoms with Crippen LogP contribution in [0.15, 0.2) is 24.5 Å². The molecule has 100 valence electrons. The van der Waals surface area contributed by atoms with Gasteiger partial charge in [0.05, 0.1) is 10.7 Å². The van der Waals surface area contributed by atoms with E-state index < -0.39 is 0 Å². The molecule has 0 aliphatic carbocycles. The molecule has 0 amide bonds. The Hall–Kier alpha value is -1.81. The van der Waals surface area contributed by atoms with Crippen molar-refractivity contribution in [3.8, 4) is 0 Å². The SMILES string of the molecule is CCc1c(NC)ncnc1Nc1cc(C)ccc1Cl. The second-order valence-corrected chi connectivity index (χ2v) is 4.67. The van der Waals surface area contributed by atoms with Crippen molar-refractivity contribution in [2.75, 3.05) is 17.7 Å². The topological polar surface area (TPSA) is 49.8 Å². The van der Waals surface area contributed by atoms with Crippen LogP contribution in [0.2, 0.25) is 5.02 Å². The lowest BCUT2D eigenvalue weighted by Gasteiger charge is -2.14. The van der Waals surface area contributed by atoms with Crippen LogP contribution in [0.4, 0.5) is 17.3 Å². The number of rotatable bonds is 4. The van der Waals surface area contributed by atoms with Crippen LogP contribution >= 0.6 is 11.6 Å². The standard InChI is InChI=1S/C14H17ClN4/c1-4-10-13(16-3)17-8-18-14(10)19-12-7-9(2)5-6-11(12)15/h5-8H,4H2,1-3H3,(H2,16,17,18,19). The summed E-state index contributed by atoms with van der Waals surface area (Å²) in [4.78, 5) is 8.52. The van der Waals surface area contributed by atoms with Gasteiger partial charge in [-0.25, -0.2) is 9.97 Å². The molecule has 0 fully saturated rings. The maximum Gasteiger partial charge on any atom is 0.139 e. The van der Waals surface area contributed by atoms with Gasteiger partial charge in [-0.3, -0.25) is 0 Å². The summed E-state index contributed by atoms with van der Waals surface area (Å²) in [5, 5.41) is 7.04. The third-order valence-corrected chi connectivity index (χ3v) is 3.24. The molecule has 1 aromatic carbocycles. The van der Waals surface area contributed by atoms with E-state index in [2.05, 4.69) is 27.5 Å². The van der Waals surface area contributed by atoms with Crippen molar-refractivity contribution in [1.82, 2.24) is 9.97 Å². The van der Waals surface area contributed by atoms with E-state index in [1.807, 2.05) is 32.2 Å². The minimum absolute atomic E-state index is 0.678. The number of benzene rings is 1. The van der Waals surface area contributed by atoms with Crippen molar-refractivity contribution < 1.29 is 0 Å². The summed E-state index contributed by atoms with van der Waals surface area (Å²) in [6.45, 7) is 4.10. The van der Waals surface area contributed by atoms with E-state index in [4.69, 9.17) is 11.6 Å². The molecule has 1 heterocycles. The lowest BCUT2D eigenvalue weighted by molar-refractivity contribution is 1.05. The lowest BCUT2D eigenvalue weighted by atomic mass is 10.2. The quantitative estimate of drug-likeness (QED) is 0.892. The normalized spacial score (nSPS) is 10.3. The average Bonchev–Trinajstić information content (AvgIpc) is 2.42. The van der Waals surface area contributed by atoms with Crippen molar-refractivity contribution in [1.29, 1.82) is 0 Å². The molecule has 0 saturated heterocycles. The molecule has 0 atom stereocenters. The van der Waals surface area contributed by atoms with Crippen molar-refractivity contribution in [2.24, 2.45) is 0 Å². The lowest BCUT2D eigenvalue weighted by Crippen LogP contribution is -2.05. The second-order valence-electron chi connectivity index (χ2n) is 4.26. The highest BCUT2D eigenvalue weighted by molar-refractivity contribution is 6.33. The Balaban J connectivity index is 2.40. The highest BCUT2D eigenvalue weighted by Crippen LogP contribution is 2.28. The van der Waals surface area contributed by atoms with Gasteiger partial charge in [0.15, 0.2) is 0 Å². The second kappa shape index (κ2) is 5.89. The molecule has 0 aliphatic rings. The summed E-state index contributed by atoms with van der Waals surface area (Å²) in [6, 6.07) is 5.86. The highest BCUT2D eigenvalue weighted by atomic mass is 35.5. The Kier molecular flexibility index (Phi) is 4.22. The first-order valence-electron chi connectivity index (χ1n) is 6.20. The summed E-state index contributed by atoms with van der Waals surface area (Å²) in [5.41, 5.74) is 3.05. The van der Waals surface area contributed by atoms with Gasteiger partial charge in [-0.1, -0.05) is 24.6 Å². The molecule has 1 aromatic heterocycles. The van der Waals surface area contributed by atoms with Gasteiger partial charge in [0.2, 0.25) is 0 Å². The van der Waals surface area contributed by atoms with Crippen LogP contribution in [0.25, 0.3) is 0 Å². The minimum Gasteiger partial charge on any atom is -0.373 e. The zero-order valence-electron chi connectivity index (χ0n) is 11.3. The molecule has 2 rings (SSSR count). The van der Waals surface area contributed by atoms with E-state index in [1.165, 1.54) is 6.33 Å². The van der Waals surface area contributed by atoms with E-state index in [0.717, 1.165) is 34.9 Å². The number of aromatic nitrogens is 2. The monoisotopic (exact) mass is 276 g/mol. The highest BCUT2D eigenvalue weighted by Gasteiger charge is 2.10. The largest absolute Gasteiger partial charge is 0.373 e. The number of halogens is 1. The average molecular weight is 277 g/mol. The molecule has 2 N–H and O–H groups in total. The number of hydrogen-bond donors (Lipinski definition) is 2. The van der Waals surface area contributed by atoms with Gasteiger partial charge in [0.1, 0.15) is 18.0 Å². The number of nitrogens with one attached hydrogen (secondary N) is 2. The third kappa shape index (κ3) is 2.96. The Bertz CT molecular complexity index is 584. The van der Waals surface area contributed by atoms with Crippen LogP contribution in [0.3, 0.4) is 0 Å². The number of aryl methyl sites for hydroxylation is 1. The van der Waals surface area contributed by atoms with Gasteiger partial charge in [-0.15, -0.1) is 0 Å². The fourth-order valence-corrected chi connectivity index (χ4v) is 2.10. The Morgan fingerprint density at radius 1 is 1.21 bits per heavy atom. The number of nitrogens with zero attached hydrogens (tertiary/aromatic N) is 2. The molecule has 2 aromatic rings.